The summed E-state index contributed by atoms with van der Waals surface area (Å²) in [5, 5.41) is 0. The van der Waals surface area contributed by atoms with Crippen LogP contribution in [0.15, 0.2) is 231 Å². The minimum absolute atomic E-state index is 0.826. The van der Waals surface area contributed by atoms with Crippen molar-refractivity contribution in [2.45, 2.75) is 13.8 Å². The van der Waals surface area contributed by atoms with E-state index in [1.54, 1.807) is 0 Å². The summed E-state index contributed by atoms with van der Waals surface area (Å²) in [5.74, 6) is 0. The summed E-state index contributed by atoms with van der Waals surface area (Å²) in [4.78, 5) is 9.23. The lowest BCUT2D eigenvalue weighted by molar-refractivity contribution is 1.22. The largest absolute Gasteiger partial charge is 0.310 e. The molecule has 1 heterocycles. The zero-order chi connectivity index (χ0) is 42.5. The molecule has 0 unspecified atom stereocenters. The van der Waals surface area contributed by atoms with Crippen LogP contribution in [-0.2, 0) is 0 Å². The van der Waals surface area contributed by atoms with Gasteiger partial charge in [-0.1, -0.05) is 109 Å². The molecule has 0 amide bonds. The number of hydrogen-bond acceptors (Lipinski definition) is 7. The molecule has 63 heavy (non-hydrogen) atoms. The molecular weight excluding hydrogens is 789 g/mol. The molecule has 0 atom stereocenters. The lowest BCUT2D eigenvalue weighted by atomic mass is 10.1. The number of aromatic nitrogens is 2. The van der Waals surface area contributed by atoms with Crippen LogP contribution < -0.4 is 19.6 Å². The molecule has 0 aliphatic heterocycles. The molecule has 10 aromatic rings. The molecule has 0 radical (unpaired) electrons. The summed E-state index contributed by atoms with van der Waals surface area (Å²) >= 11 is 1.24. The Labute approximate surface area is 373 Å². The first kappa shape index (κ1) is 39.2. The molecule has 7 heteroatoms. The standard InChI is InChI=1S/C56H44N6S/c1-41-39-49(33-35-51(41)59(43-21-9-3-10-22-43)44-23-11-4-12-24-44)61(47-29-17-7-18-30-47)53-37-38-54(56-55(53)57-63-58-56)62(48-31-19-8-20-32-48)50-34-36-52(42(2)40-50)60(45-25-13-5-14-26-45)46-27-15-6-16-28-46/h3-40H,1-2H3. The fourth-order valence-corrected chi connectivity index (χ4v) is 9.00. The third-order valence-corrected chi connectivity index (χ3v) is 11.8. The summed E-state index contributed by atoms with van der Waals surface area (Å²) in [6.45, 7) is 4.38. The van der Waals surface area contributed by atoms with E-state index in [1.807, 2.05) is 0 Å². The third kappa shape index (κ3) is 7.78. The first-order chi connectivity index (χ1) is 31.1. The maximum Gasteiger partial charge on any atom is 0.130 e. The average molecular weight is 833 g/mol. The number of para-hydroxylation sites is 6. The second-order valence-electron chi connectivity index (χ2n) is 15.4. The molecule has 0 saturated carbocycles. The van der Waals surface area contributed by atoms with Crippen LogP contribution in [0.1, 0.15) is 11.1 Å². The summed E-state index contributed by atoms with van der Waals surface area (Å²) in [5.41, 5.74) is 16.5. The van der Waals surface area contributed by atoms with Crippen molar-refractivity contribution in [3.05, 3.63) is 242 Å². The molecule has 0 aliphatic rings. The van der Waals surface area contributed by atoms with Gasteiger partial charge in [0, 0.05) is 56.9 Å². The minimum Gasteiger partial charge on any atom is -0.310 e. The van der Waals surface area contributed by atoms with E-state index in [0.717, 1.165) is 90.4 Å². The molecule has 0 bridgehead atoms. The highest BCUT2D eigenvalue weighted by Crippen LogP contribution is 2.47. The van der Waals surface area contributed by atoms with Crippen LogP contribution in [0.2, 0.25) is 0 Å². The average Bonchev–Trinajstić information content (AvgIpc) is 3.84. The van der Waals surface area contributed by atoms with E-state index in [9.17, 15) is 0 Å². The molecular formula is C56H44N6S. The fraction of sp³-hybridized carbons (Fsp3) is 0.0357. The zero-order valence-corrected chi connectivity index (χ0v) is 35.8. The number of anilines is 12. The summed E-state index contributed by atoms with van der Waals surface area (Å²) < 4.78 is 10.1. The number of aryl methyl sites for hydroxylation is 2. The highest BCUT2D eigenvalue weighted by Gasteiger charge is 2.25. The Morgan fingerprint density at radius 2 is 0.508 bits per heavy atom. The van der Waals surface area contributed by atoms with Crippen LogP contribution in [0, 0.1) is 13.8 Å². The van der Waals surface area contributed by atoms with Gasteiger partial charge in [0.1, 0.15) is 11.0 Å². The van der Waals surface area contributed by atoms with Crippen molar-refractivity contribution in [2.24, 2.45) is 0 Å². The Kier molecular flexibility index (Phi) is 10.9. The maximum atomic E-state index is 5.04. The predicted octanol–water partition coefficient (Wildman–Crippen LogP) is 16.2. The first-order valence-electron chi connectivity index (χ1n) is 21.1. The lowest BCUT2D eigenvalue weighted by Crippen LogP contribution is -2.15. The number of rotatable bonds is 12. The van der Waals surface area contributed by atoms with Gasteiger partial charge in [-0.25, -0.2) is 0 Å². The summed E-state index contributed by atoms with van der Waals surface area (Å²) in [6, 6.07) is 81.0. The van der Waals surface area contributed by atoms with Crippen molar-refractivity contribution in [2.75, 3.05) is 19.6 Å². The van der Waals surface area contributed by atoms with Crippen molar-refractivity contribution in [3.63, 3.8) is 0 Å². The predicted molar refractivity (Wildman–Crippen MR) is 266 cm³/mol. The van der Waals surface area contributed by atoms with Crippen molar-refractivity contribution < 1.29 is 0 Å². The van der Waals surface area contributed by atoms with Crippen molar-refractivity contribution in [1.29, 1.82) is 0 Å². The van der Waals surface area contributed by atoms with E-state index in [4.69, 9.17) is 8.75 Å². The van der Waals surface area contributed by atoms with Gasteiger partial charge >= 0.3 is 0 Å². The molecule has 0 N–H and O–H groups in total. The second-order valence-corrected chi connectivity index (χ2v) is 15.9. The van der Waals surface area contributed by atoms with Crippen LogP contribution in [0.3, 0.4) is 0 Å². The Bertz CT molecular complexity index is 2800. The smallest absolute Gasteiger partial charge is 0.130 e. The minimum atomic E-state index is 0.826. The summed E-state index contributed by atoms with van der Waals surface area (Å²) in [6.07, 6.45) is 0. The van der Waals surface area contributed by atoms with Crippen molar-refractivity contribution in [3.8, 4) is 0 Å². The Balaban J connectivity index is 1.08. The van der Waals surface area contributed by atoms with E-state index >= 15 is 0 Å². The third-order valence-electron chi connectivity index (χ3n) is 11.3. The second kappa shape index (κ2) is 17.5. The van der Waals surface area contributed by atoms with Gasteiger partial charge in [0.05, 0.1) is 23.1 Å². The van der Waals surface area contributed by atoms with Gasteiger partial charge in [0.2, 0.25) is 0 Å². The molecule has 1 aromatic heterocycles. The number of nitrogens with zero attached hydrogens (tertiary/aromatic N) is 6. The maximum absolute atomic E-state index is 5.04. The molecule has 304 valence electrons. The fourth-order valence-electron chi connectivity index (χ4n) is 8.43. The van der Waals surface area contributed by atoms with Gasteiger partial charge < -0.3 is 19.6 Å². The number of hydrogen-bond donors (Lipinski definition) is 0. The van der Waals surface area contributed by atoms with E-state index in [2.05, 4.69) is 264 Å². The van der Waals surface area contributed by atoms with Crippen LogP contribution >= 0.6 is 11.7 Å². The normalized spacial score (nSPS) is 11.0. The molecule has 0 spiro atoms. The lowest BCUT2D eigenvalue weighted by Gasteiger charge is -2.31. The highest BCUT2D eigenvalue weighted by atomic mass is 32.1. The van der Waals surface area contributed by atoms with E-state index < -0.39 is 0 Å². The molecule has 9 aromatic carbocycles. The van der Waals surface area contributed by atoms with E-state index in [-0.39, 0.29) is 0 Å². The van der Waals surface area contributed by atoms with Gasteiger partial charge in [-0.3, -0.25) is 0 Å². The molecule has 6 nitrogen and oxygen atoms in total. The molecule has 0 aliphatic carbocycles. The number of benzene rings is 9. The van der Waals surface area contributed by atoms with Gasteiger partial charge in [0.15, 0.2) is 0 Å². The molecule has 10 rings (SSSR count). The molecule has 0 fully saturated rings. The summed E-state index contributed by atoms with van der Waals surface area (Å²) in [7, 11) is 0. The Morgan fingerprint density at radius 3 is 0.762 bits per heavy atom. The van der Waals surface area contributed by atoms with Crippen molar-refractivity contribution in [1.82, 2.24) is 8.75 Å². The first-order valence-corrected chi connectivity index (χ1v) is 21.8. The van der Waals surface area contributed by atoms with Gasteiger partial charge in [-0.2, -0.15) is 8.75 Å². The van der Waals surface area contributed by atoms with Crippen LogP contribution in [-0.4, -0.2) is 8.75 Å². The topological polar surface area (TPSA) is 38.7 Å². The quantitative estimate of drug-likeness (QED) is 0.122. The SMILES string of the molecule is Cc1cc(N(c2ccccc2)c2ccc(N(c3ccccc3)c3ccc(N(c4ccccc4)c4ccccc4)c(C)c3)c3nsnc23)ccc1N(c1ccccc1)c1ccccc1. The van der Waals surface area contributed by atoms with E-state index in [1.165, 1.54) is 11.7 Å². The Hall–Kier alpha value is -8.00. The van der Waals surface area contributed by atoms with Gasteiger partial charge in [-0.05, 0) is 146 Å². The van der Waals surface area contributed by atoms with Gasteiger partial charge in [0.25, 0.3) is 0 Å². The monoisotopic (exact) mass is 832 g/mol. The van der Waals surface area contributed by atoms with Crippen LogP contribution in [0.4, 0.5) is 68.2 Å². The highest BCUT2D eigenvalue weighted by molar-refractivity contribution is 7.00. The van der Waals surface area contributed by atoms with Crippen LogP contribution in [0.5, 0.6) is 0 Å². The zero-order valence-electron chi connectivity index (χ0n) is 35.0. The van der Waals surface area contributed by atoms with Gasteiger partial charge in [-0.15, -0.1) is 0 Å². The van der Waals surface area contributed by atoms with Crippen molar-refractivity contribution >= 4 is 91.0 Å². The van der Waals surface area contributed by atoms with E-state index in [0.29, 0.717) is 0 Å². The molecule has 0 saturated heterocycles. The Morgan fingerprint density at radius 1 is 0.270 bits per heavy atom. The van der Waals surface area contributed by atoms with Crippen LogP contribution in [0.25, 0.3) is 11.0 Å². The number of fused-ring (bicyclic) bond motifs is 1.